The van der Waals surface area contributed by atoms with Gasteiger partial charge in [-0.2, -0.15) is 0 Å². The van der Waals surface area contributed by atoms with Crippen LogP contribution in [0.5, 0.6) is 11.5 Å². The molecule has 0 unspecified atom stereocenters. The molecule has 2 aromatic carbocycles. The van der Waals surface area contributed by atoms with E-state index in [4.69, 9.17) is 4.42 Å². The van der Waals surface area contributed by atoms with Crippen molar-refractivity contribution in [2.75, 3.05) is 0 Å². The van der Waals surface area contributed by atoms with Gasteiger partial charge in [0.1, 0.15) is 28.2 Å². The van der Waals surface area contributed by atoms with E-state index in [9.17, 15) is 15.0 Å². The molecule has 1 saturated carbocycles. The third-order valence-corrected chi connectivity index (χ3v) is 6.35. The topological polar surface area (TPSA) is 75.6 Å². The summed E-state index contributed by atoms with van der Waals surface area (Å²) in [6.45, 7) is 0.935. The number of hydrogen-bond acceptors (Lipinski definition) is 4. The number of fused-ring (bicyclic) bond motifs is 2. The third kappa shape index (κ3) is 3.34. The minimum Gasteiger partial charge on any atom is -0.508 e. The summed E-state index contributed by atoms with van der Waals surface area (Å²) in [7, 11) is 0. The molecule has 0 aliphatic heterocycles. The van der Waals surface area contributed by atoms with E-state index in [0.717, 1.165) is 41.4 Å². The van der Waals surface area contributed by atoms with Crippen molar-refractivity contribution in [3.63, 3.8) is 0 Å². The highest BCUT2D eigenvalue weighted by molar-refractivity contribution is 5.96. The van der Waals surface area contributed by atoms with Gasteiger partial charge < -0.3 is 19.2 Å². The fourth-order valence-corrected chi connectivity index (χ4v) is 4.81. The summed E-state index contributed by atoms with van der Waals surface area (Å²) >= 11 is 0. The maximum atomic E-state index is 12.7. The number of aromatic nitrogens is 1. The van der Waals surface area contributed by atoms with Gasteiger partial charge >= 0.3 is 0 Å². The number of aryl methyl sites for hydroxylation is 1. The lowest BCUT2D eigenvalue weighted by molar-refractivity contribution is 0.325. The Morgan fingerprint density at radius 3 is 2.67 bits per heavy atom. The molecule has 0 bridgehead atoms. The lowest BCUT2D eigenvalue weighted by Crippen LogP contribution is -2.09. The molecule has 0 saturated heterocycles. The summed E-state index contributed by atoms with van der Waals surface area (Å²) in [4.78, 5) is 12.7. The molecule has 0 radical (unpaired) electrons. The predicted octanol–water partition coefficient (Wildman–Crippen LogP) is 5.80. The van der Waals surface area contributed by atoms with Gasteiger partial charge in [0.25, 0.3) is 0 Å². The second-order valence-electron chi connectivity index (χ2n) is 8.36. The lowest BCUT2D eigenvalue weighted by Gasteiger charge is -2.21. The van der Waals surface area contributed by atoms with Crippen LogP contribution in [0.1, 0.15) is 38.5 Å². The van der Waals surface area contributed by atoms with Gasteiger partial charge in [-0.25, -0.2) is 0 Å². The molecule has 30 heavy (non-hydrogen) atoms. The molecule has 5 nitrogen and oxygen atoms in total. The molecular weight excluding hydrogens is 378 g/mol. The van der Waals surface area contributed by atoms with Crippen molar-refractivity contribution in [3.8, 4) is 22.8 Å². The molecule has 2 N–H and O–H groups in total. The summed E-state index contributed by atoms with van der Waals surface area (Å²) in [5.74, 6) is 0.799. The Hall–Kier alpha value is -3.21. The predicted molar refractivity (Wildman–Crippen MR) is 118 cm³/mol. The Morgan fingerprint density at radius 1 is 1.03 bits per heavy atom. The molecule has 0 atom stereocenters. The van der Waals surface area contributed by atoms with Crippen molar-refractivity contribution in [1.82, 2.24) is 4.57 Å². The second-order valence-corrected chi connectivity index (χ2v) is 8.36. The fraction of sp³-hybridized carbons (Fsp3) is 0.320. The first-order valence-corrected chi connectivity index (χ1v) is 10.7. The molecule has 2 heterocycles. The summed E-state index contributed by atoms with van der Waals surface area (Å²) in [6.07, 6.45) is 9.88. The van der Waals surface area contributed by atoms with E-state index in [-0.39, 0.29) is 27.9 Å². The van der Waals surface area contributed by atoms with Crippen molar-refractivity contribution in [3.05, 3.63) is 58.9 Å². The van der Waals surface area contributed by atoms with Crippen molar-refractivity contribution in [2.24, 2.45) is 5.92 Å². The molecule has 4 aromatic rings. The van der Waals surface area contributed by atoms with Crippen LogP contribution in [0, 0.1) is 5.92 Å². The van der Waals surface area contributed by atoms with Crippen LogP contribution in [0.3, 0.4) is 0 Å². The van der Waals surface area contributed by atoms with Crippen molar-refractivity contribution in [1.29, 1.82) is 0 Å². The highest BCUT2D eigenvalue weighted by atomic mass is 16.3. The van der Waals surface area contributed by atoms with E-state index in [0.29, 0.717) is 5.76 Å². The first kappa shape index (κ1) is 18.8. The maximum Gasteiger partial charge on any atom is 0.197 e. The molecule has 1 fully saturated rings. The van der Waals surface area contributed by atoms with Gasteiger partial charge in [-0.1, -0.05) is 50.3 Å². The summed E-state index contributed by atoms with van der Waals surface area (Å²) in [5.41, 5.74) is 1.80. The number of para-hydroxylation sites is 1. The first-order chi connectivity index (χ1) is 14.6. The smallest absolute Gasteiger partial charge is 0.197 e. The van der Waals surface area contributed by atoms with E-state index in [1.54, 1.807) is 0 Å². The number of phenols is 2. The van der Waals surface area contributed by atoms with Crippen LogP contribution in [-0.2, 0) is 6.54 Å². The Labute approximate surface area is 174 Å². The summed E-state index contributed by atoms with van der Waals surface area (Å²) < 4.78 is 8.23. The van der Waals surface area contributed by atoms with Gasteiger partial charge in [0.2, 0.25) is 0 Å². The standard InChI is InChI=1S/C25H25NO4/c27-17-12-21(28)25-22(29)14-23(30-24(25)13-17)19-15-26(20-9-5-4-8-18(19)20)11-10-16-6-2-1-3-7-16/h4-5,8-9,12-16,27-28H,1-3,6-7,10-11H2. The highest BCUT2D eigenvalue weighted by Gasteiger charge is 2.18. The zero-order valence-electron chi connectivity index (χ0n) is 16.8. The zero-order valence-corrected chi connectivity index (χ0v) is 16.8. The minimum absolute atomic E-state index is 0.0811. The third-order valence-electron chi connectivity index (χ3n) is 6.35. The summed E-state index contributed by atoms with van der Waals surface area (Å²) in [6, 6.07) is 12.1. The molecule has 1 aliphatic carbocycles. The SMILES string of the molecule is O=c1cc(-c2cn(CCC3CCCCC3)c3ccccc23)oc2cc(O)cc(O)c12. The molecule has 2 aromatic heterocycles. The molecule has 0 spiro atoms. The van der Waals surface area contributed by atoms with E-state index < -0.39 is 0 Å². The van der Waals surface area contributed by atoms with Gasteiger partial charge in [-0.05, 0) is 18.4 Å². The van der Waals surface area contributed by atoms with Crippen LogP contribution in [-0.4, -0.2) is 14.8 Å². The molecular formula is C25H25NO4. The van der Waals surface area contributed by atoms with E-state index in [2.05, 4.69) is 16.8 Å². The van der Waals surface area contributed by atoms with Crippen LogP contribution < -0.4 is 5.43 Å². The van der Waals surface area contributed by atoms with Gasteiger partial charge in [0, 0.05) is 47.4 Å². The lowest BCUT2D eigenvalue weighted by atomic mass is 9.87. The summed E-state index contributed by atoms with van der Waals surface area (Å²) in [5, 5.41) is 20.9. The second kappa shape index (κ2) is 7.56. The average Bonchev–Trinajstić information content (AvgIpc) is 3.11. The molecule has 5 rings (SSSR count). The van der Waals surface area contributed by atoms with Gasteiger partial charge in [-0.3, -0.25) is 4.79 Å². The Morgan fingerprint density at radius 2 is 1.83 bits per heavy atom. The van der Waals surface area contributed by atoms with Crippen LogP contribution >= 0.6 is 0 Å². The van der Waals surface area contributed by atoms with Gasteiger partial charge in [-0.15, -0.1) is 0 Å². The van der Waals surface area contributed by atoms with Crippen LogP contribution in [0.4, 0.5) is 0 Å². The van der Waals surface area contributed by atoms with E-state index >= 15 is 0 Å². The van der Waals surface area contributed by atoms with Crippen LogP contribution in [0.15, 0.2) is 57.9 Å². The van der Waals surface area contributed by atoms with E-state index in [1.807, 2.05) is 18.2 Å². The number of hydrogen-bond donors (Lipinski definition) is 2. The number of nitrogens with zero attached hydrogens (tertiary/aromatic N) is 1. The fourth-order valence-electron chi connectivity index (χ4n) is 4.81. The Bertz CT molecular complexity index is 1280. The Balaban J connectivity index is 1.58. The Kier molecular flexibility index (Phi) is 4.74. The van der Waals surface area contributed by atoms with Crippen LogP contribution in [0.25, 0.3) is 33.2 Å². The van der Waals surface area contributed by atoms with Crippen molar-refractivity contribution < 1.29 is 14.6 Å². The quantitative estimate of drug-likeness (QED) is 0.452. The molecule has 154 valence electrons. The van der Waals surface area contributed by atoms with E-state index in [1.165, 1.54) is 44.2 Å². The molecule has 5 heteroatoms. The number of phenolic OH excluding ortho intramolecular Hbond substituents is 2. The van der Waals surface area contributed by atoms with Crippen molar-refractivity contribution >= 4 is 21.9 Å². The average molecular weight is 403 g/mol. The normalized spacial score (nSPS) is 15.2. The maximum absolute atomic E-state index is 12.7. The van der Waals surface area contributed by atoms with Gasteiger partial charge in [0.15, 0.2) is 5.43 Å². The van der Waals surface area contributed by atoms with Crippen LogP contribution in [0.2, 0.25) is 0 Å². The molecule has 1 aliphatic rings. The highest BCUT2D eigenvalue weighted by Crippen LogP contribution is 2.35. The van der Waals surface area contributed by atoms with Gasteiger partial charge in [0.05, 0.1) is 0 Å². The monoisotopic (exact) mass is 403 g/mol. The zero-order chi connectivity index (χ0) is 20.7. The molecule has 0 amide bonds. The number of benzene rings is 2. The largest absolute Gasteiger partial charge is 0.508 e. The minimum atomic E-state index is -0.331. The van der Waals surface area contributed by atoms with Crippen molar-refractivity contribution in [2.45, 2.75) is 45.1 Å². The first-order valence-electron chi connectivity index (χ1n) is 10.7. The number of rotatable bonds is 4. The number of aromatic hydroxyl groups is 2.